The number of benzene rings is 9. The Labute approximate surface area is 317 Å². The van der Waals surface area contributed by atoms with Gasteiger partial charge >= 0.3 is 0 Å². The Morgan fingerprint density at radius 3 is 1.78 bits per heavy atom. The van der Waals surface area contributed by atoms with Gasteiger partial charge in [0.15, 0.2) is 5.82 Å². The van der Waals surface area contributed by atoms with Crippen LogP contribution < -0.4 is 0 Å². The van der Waals surface area contributed by atoms with Gasteiger partial charge in [0.05, 0.1) is 11.4 Å². The van der Waals surface area contributed by atoms with Crippen LogP contribution in [0, 0.1) is 0 Å². The summed E-state index contributed by atoms with van der Waals surface area (Å²) in [5.41, 5.74) is 11.2. The average Bonchev–Trinajstić information content (AvgIpc) is 3.64. The predicted octanol–water partition coefficient (Wildman–Crippen LogP) is 14.2. The van der Waals surface area contributed by atoms with Crippen molar-refractivity contribution in [1.82, 2.24) is 9.97 Å². The summed E-state index contributed by atoms with van der Waals surface area (Å²) in [5, 5.41) is 9.40. The maximum Gasteiger partial charge on any atom is 0.160 e. The zero-order valence-electron chi connectivity index (χ0n) is 29.8. The molecule has 0 aliphatic carbocycles. The highest BCUT2D eigenvalue weighted by Crippen LogP contribution is 2.41. The van der Waals surface area contributed by atoms with E-state index in [4.69, 9.17) is 14.4 Å². The second-order valence-corrected chi connectivity index (χ2v) is 14.1. The molecule has 2 heterocycles. The van der Waals surface area contributed by atoms with Crippen LogP contribution in [0.25, 0.3) is 110 Å². The van der Waals surface area contributed by atoms with Crippen molar-refractivity contribution in [1.29, 1.82) is 0 Å². The Bertz CT molecular complexity index is 3250. The number of fused-ring (bicyclic) bond motifs is 7. The highest BCUT2D eigenvalue weighted by Gasteiger charge is 2.18. The molecule has 0 atom stereocenters. The molecule has 0 radical (unpaired) electrons. The SMILES string of the molecule is c1ccc(-c2ccc(-c3nc(-c4cccc(-c5ccc6oc7ccccc7c6c5)c4)cc(-c4c5ccccc5cc5c4ccc4ccccc45)n3)cc2)cc1. The molecule has 0 fully saturated rings. The second-order valence-electron chi connectivity index (χ2n) is 14.1. The lowest BCUT2D eigenvalue weighted by Crippen LogP contribution is -1.97. The molecule has 55 heavy (non-hydrogen) atoms. The molecule has 2 aromatic heterocycles. The molecule has 256 valence electrons. The quantitative estimate of drug-likeness (QED) is 0.133. The van der Waals surface area contributed by atoms with Gasteiger partial charge in [0.1, 0.15) is 11.2 Å². The van der Waals surface area contributed by atoms with E-state index in [0.29, 0.717) is 5.82 Å². The van der Waals surface area contributed by atoms with Gasteiger partial charge in [0, 0.05) is 27.5 Å². The van der Waals surface area contributed by atoms with Crippen LogP contribution in [0.1, 0.15) is 0 Å². The van der Waals surface area contributed by atoms with Gasteiger partial charge in [0.2, 0.25) is 0 Å². The van der Waals surface area contributed by atoms with Gasteiger partial charge in [-0.25, -0.2) is 9.97 Å². The fraction of sp³-hybridized carbons (Fsp3) is 0. The van der Waals surface area contributed by atoms with Gasteiger partial charge in [0.25, 0.3) is 0 Å². The number of furan rings is 1. The van der Waals surface area contributed by atoms with Crippen molar-refractivity contribution in [2.75, 3.05) is 0 Å². The maximum absolute atomic E-state index is 6.15. The first-order valence-corrected chi connectivity index (χ1v) is 18.6. The molecule has 9 aromatic carbocycles. The van der Waals surface area contributed by atoms with Crippen molar-refractivity contribution in [2.45, 2.75) is 0 Å². The Balaban J connectivity index is 1.13. The Kier molecular flexibility index (Phi) is 7.17. The Morgan fingerprint density at radius 2 is 0.909 bits per heavy atom. The van der Waals surface area contributed by atoms with E-state index < -0.39 is 0 Å². The molecule has 0 saturated carbocycles. The van der Waals surface area contributed by atoms with Crippen LogP contribution in [0.3, 0.4) is 0 Å². The molecule has 0 aliphatic rings. The fourth-order valence-electron chi connectivity index (χ4n) is 8.15. The minimum absolute atomic E-state index is 0.686. The zero-order valence-corrected chi connectivity index (χ0v) is 29.8. The van der Waals surface area contributed by atoms with E-state index in [9.17, 15) is 0 Å². The van der Waals surface area contributed by atoms with Gasteiger partial charge < -0.3 is 4.42 Å². The average molecular weight is 701 g/mol. The predicted molar refractivity (Wildman–Crippen MR) is 229 cm³/mol. The Morgan fingerprint density at radius 1 is 0.291 bits per heavy atom. The van der Waals surface area contributed by atoms with E-state index in [2.05, 4.69) is 176 Å². The van der Waals surface area contributed by atoms with Crippen LogP contribution >= 0.6 is 0 Å². The molecule has 11 aromatic rings. The molecule has 0 aliphatic heterocycles. The first kappa shape index (κ1) is 31.2. The molecule has 3 heteroatoms. The van der Waals surface area contributed by atoms with E-state index in [-0.39, 0.29) is 0 Å². The number of para-hydroxylation sites is 1. The normalized spacial score (nSPS) is 11.6. The largest absolute Gasteiger partial charge is 0.456 e. The van der Waals surface area contributed by atoms with Gasteiger partial charge in [-0.15, -0.1) is 0 Å². The smallest absolute Gasteiger partial charge is 0.160 e. The third kappa shape index (κ3) is 5.36. The second kappa shape index (κ2) is 12.6. The summed E-state index contributed by atoms with van der Waals surface area (Å²) in [4.78, 5) is 10.7. The van der Waals surface area contributed by atoms with Crippen molar-refractivity contribution in [2.24, 2.45) is 0 Å². The minimum atomic E-state index is 0.686. The van der Waals surface area contributed by atoms with E-state index >= 15 is 0 Å². The highest BCUT2D eigenvalue weighted by molar-refractivity contribution is 6.20. The molecule has 0 bridgehead atoms. The lowest BCUT2D eigenvalue weighted by atomic mass is 9.91. The first-order chi connectivity index (χ1) is 27.2. The first-order valence-electron chi connectivity index (χ1n) is 18.6. The van der Waals surface area contributed by atoms with Crippen LogP contribution in [-0.4, -0.2) is 9.97 Å². The summed E-state index contributed by atoms with van der Waals surface area (Å²) in [6.45, 7) is 0. The summed E-state index contributed by atoms with van der Waals surface area (Å²) < 4.78 is 6.15. The highest BCUT2D eigenvalue weighted by atomic mass is 16.3. The minimum Gasteiger partial charge on any atom is -0.456 e. The topological polar surface area (TPSA) is 38.9 Å². The van der Waals surface area contributed by atoms with Crippen LogP contribution in [0.5, 0.6) is 0 Å². The van der Waals surface area contributed by atoms with Gasteiger partial charge in [-0.3, -0.25) is 0 Å². The molecular formula is C52H32N2O. The number of hydrogen-bond acceptors (Lipinski definition) is 3. The summed E-state index contributed by atoms with van der Waals surface area (Å²) in [5.74, 6) is 0.686. The third-order valence-corrected chi connectivity index (χ3v) is 10.9. The van der Waals surface area contributed by atoms with E-state index in [0.717, 1.165) is 72.1 Å². The van der Waals surface area contributed by atoms with Crippen molar-refractivity contribution in [3.8, 4) is 56.2 Å². The van der Waals surface area contributed by atoms with Crippen LogP contribution in [-0.2, 0) is 0 Å². The molecule has 0 unspecified atom stereocenters. The lowest BCUT2D eigenvalue weighted by molar-refractivity contribution is 0.669. The van der Waals surface area contributed by atoms with Crippen LogP contribution in [0.4, 0.5) is 0 Å². The van der Waals surface area contributed by atoms with Crippen molar-refractivity contribution in [3.05, 3.63) is 194 Å². The molecule has 3 nitrogen and oxygen atoms in total. The molecular weight excluding hydrogens is 669 g/mol. The van der Waals surface area contributed by atoms with E-state index in [1.807, 2.05) is 18.2 Å². The molecule has 0 amide bonds. The summed E-state index contributed by atoms with van der Waals surface area (Å²) in [7, 11) is 0. The van der Waals surface area contributed by atoms with E-state index in [1.165, 1.54) is 32.5 Å². The third-order valence-electron chi connectivity index (χ3n) is 10.9. The number of aromatic nitrogens is 2. The summed E-state index contributed by atoms with van der Waals surface area (Å²) in [6, 6.07) is 68.7. The van der Waals surface area contributed by atoms with Crippen LogP contribution in [0.2, 0.25) is 0 Å². The zero-order chi connectivity index (χ0) is 36.3. The van der Waals surface area contributed by atoms with Gasteiger partial charge in [-0.05, 0) is 91.0 Å². The van der Waals surface area contributed by atoms with Crippen LogP contribution in [0.15, 0.2) is 199 Å². The molecule has 0 spiro atoms. The number of rotatable bonds is 5. The Hall–Kier alpha value is -7.36. The van der Waals surface area contributed by atoms with Crippen molar-refractivity contribution >= 4 is 54.3 Å². The van der Waals surface area contributed by atoms with Gasteiger partial charge in [-0.2, -0.15) is 0 Å². The lowest BCUT2D eigenvalue weighted by Gasteiger charge is -2.16. The molecule has 0 saturated heterocycles. The summed E-state index contributed by atoms with van der Waals surface area (Å²) >= 11 is 0. The van der Waals surface area contributed by atoms with Crippen molar-refractivity contribution in [3.63, 3.8) is 0 Å². The maximum atomic E-state index is 6.15. The van der Waals surface area contributed by atoms with Gasteiger partial charge in [-0.1, -0.05) is 158 Å². The monoisotopic (exact) mass is 700 g/mol. The fourth-order valence-corrected chi connectivity index (χ4v) is 8.15. The molecule has 0 N–H and O–H groups in total. The number of hydrogen-bond donors (Lipinski definition) is 0. The van der Waals surface area contributed by atoms with E-state index in [1.54, 1.807) is 0 Å². The number of nitrogens with zero attached hydrogens (tertiary/aromatic N) is 2. The molecule has 11 rings (SSSR count). The standard InChI is InChI=1S/C52H32N2O/c1-2-11-33(12-3-1)34-21-23-36(24-22-34)52-53-47(40-16-10-15-37(29-40)38-26-28-50-46(30-38)43-19-8-9-20-49(43)55-50)32-48(54-52)51-42-18-7-5-14-39(42)31-45-41-17-6-4-13-35(41)25-27-44(45)51/h1-32H. The van der Waals surface area contributed by atoms with Crippen molar-refractivity contribution < 1.29 is 4.42 Å². The summed E-state index contributed by atoms with van der Waals surface area (Å²) in [6.07, 6.45) is 0.